The van der Waals surface area contributed by atoms with E-state index in [2.05, 4.69) is 24.0 Å². The summed E-state index contributed by atoms with van der Waals surface area (Å²) in [4.78, 5) is 15.1. The van der Waals surface area contributed by atoms with Crippen LogP contribution in [0.3, 0.4) is 0 Å². The van der Waals surface area contributed by atoms with E-state index in [4.69, 9.17) is 0 Å². The minimum absolute atomic E-state index is 0.106. The number of likely N-dealkylation sites (tertiary alicyclic amines) is 1. The highest BCUT2D eigenvalue weighted by Gasteiger charge is 2.31. The Bertz CT molecular complexity index is 674. The first-order valence-corrected chi connectivity index (χ1v) is 8.93. The molecule has 1 amide bonds. The Labute approximate surface area is 143 Å². The Hall–Kier alpha value is -2.11. The quantitative estimate of drug-likeness (QED) is 0.818. The van der Waals surface area contributed by atoms with Crippen molar-refractivity contribution < 1.29 is 4.79 Å². The molecule has 1 fully saturated rings. The lowest BCUT2D eigenvalue weighted by molar-refractivity contribution is 0.0709. The molecule has 24 heavy (non-hydrogen) atoms. The number of rotatable bonds is 6. The van der Waals surface area contributed by atoms with Gasteiger partial charge in [-0.3, -0.25) is 14.2 Å². The Morgan fingerprint density at radius 2 is 2.25 bits per heavy atom. The number of aromatic nitrogens is 4. The monoisotopic (exact) mass is 329 g/mol. The summed E-state index contributed by atoms with van der Waals surface area (Å²) in [6, 6.07) is 4.12. The van der Waals surface area contributed by atoms with E-state index in [1.165, 1.54) is 0 Å². The third-order valence-corrected chi connectivity index (χ3v) is 4.56. The summed E-state index contributed by atoms with van der Waals surface area (Å²) in [5, 5.41) is 8.89. The summed E-state index contributed by atoms with van der Waals surface area (Å²) in [5.74, 6) is 0.640. The lowest BCUT2D eigenvalue weighted by atomic mass is 10.1. The summed E-state index contributed by atoms with van der Waals surface area (Å²) in [6.07, 6.45) is 6.73. The fourth-order valence-electron chi connectivity index (χ4n) is 3.47. The topological polar surface area (TPSA) is 56.0 Å². The van der Waals surface area contributed by atoms with Crippen molar-refractivity contribution in [3.05, 3.63) is 35.9 Å². The number of carbonyl (C=O) groups is 1. The molecule has 6 heteroatoms. The maximum atomic E-state index is 13.1. The zero-order valence-electron chi connectivity index (χ0n) is 14.9. The fraction of sp³-hybridized carbons (Fsp3) is 0.611. The molecule has 3 rings (SSSR count). The van der Waals surface area contributed by atoms with Crippen LogP contribution in [0.15, 0.2) is 24.5 Å². The molecule has 0 unspecified atom stereocenters. The molecule has 3 heterocycles. The van der Waals surface area contributed by atoms with Crippen LogP contribution < -0.4 is 0 Å². The third-order valence-electron chi connectivity index (χ3n) is 4.56. The van der Waals surface area contributed by atoms with Crippen molar-refractivity contribution in [1.82, 2.24) is 24.5 Å². The predicted octanol–water partition coefficient (Wildman–Crippen LogP) is 2.60. The van der Waals surface area contributed by atoms with E-state index in [9.17, 15) is 4.79 Å². The molecule has 0 N–H and O–H groups in total. The van der Waals surface area contributed by atoms with Gasteiger partial charge in [0.15, 0.2) is 0 Å². The Kier molecular flexibility index (Phi) is 5.02. The van der Waals surface area contributed by atoms with Gasteiger partial charge in [-0.2, -0.15) is 10.2 Å². The normalized spacial score (nSPS) is 17.8. The molecule has 2 aromatic rings. The van der Waals surface area contributed by atoms with Gasteiger partial charge in [-0.1, -0.05) is 13.8 Å². The van der Waals surface area contributed by atoms with Gasteiger partial charge in [0.1, 0.15) is 5.69 Å². The van der Waals surface area contributed by atoms with Crippen LogP contribution in [-0.2, 0) is 19.5 Å². The van der Waals surface area contributed by atoms with Crippen LogP contribution >= 0.6 is 0 Å². The molecule has 0 aliphatic carbocycles. The molecule has 0 saturated carbocycles. The van der Waals surface area contributed by atoms with Crippen molar-refractivity contribution in [2.24, 2.45) is 5.92 Å². The first-order chi connectivity index (χ1) is 11.6. The summed E-state index contributed by atoms with van der Waals surface area (Å²) in [6.45, 7) is 8.68. The van der Waals surface area contributed by atoms with Crippen molar-refractivity contribution in [1.29, 1.82) is 0 Å². The van der Waals surface area contributed by atoms with E-state index >= 15 is 0 Å². The number of hydrogen-bond donors (Lipinski definition) is 0. The van der Waals surface area contributed by atoms with E-state index in [1.54, 1.807) is 6.20 Å². The average Bonchev–Trinajstić information content (AvgIpc) is 3.27. The number of nitrogens with zero attached hydrogens (tertiary/aromatic N) is 5. The second kappa shape index (κ2) is 7.20. The summed E-state index contributed by atoms with van der Waals surface area (Å²) >= 11 is 0. The van der Waals surface area contributed by atoms with Crippen LogP contribution in [0.1, 0.15) is 49.8 Å². The molecule has 0 aromatic carbocycles. The first kappa shape index (κ1) is 16.7. The lowest BCUT2D eigenvalue weighted by Crippen LogP contribution is -2.39. The second-order valence-electron chi connectivity index (χ2n) is 6.96. The SMILES string of the molecule is CCn1nc(CC(C)C)cc1C(=O)N1CCC[C@H]1Cn1cccn1. The standard InChI is InChI=1S/C18H27N5O/c1-4-23-17(12-15(20-23)11-14(2)3)18(24)22-10-5-7-16(22)13-21-9-6-8-19-21/h6,8-9,12,14,16H,4-5,7,10-11,13H2,1-3H3/t16-/m0/s1. The maximum Gasteiger partial charge on any atom is 0.272 e. The highest BCUT2D eigenvalue weighted by molar-refractivity contribution is 5.93. The van der Waals surface area contributed by atoms with Crippen LogP contribution in [0.2, 0.25) is 0 Å². The Balaban J connectivity index is 1.78. The van der Waals surface area contributed by atoms with Crippen LogP contribution in [0.4, 0.5) is 0 Å². The maximum absolute atomic E-state index is 13.1. The molecule has 1 aliphatic heterocycles. The van der Waals surface area contributed by atoms with Crippen molar-refractivity contribution in [3.63, 3.8) is 0 Å². The van der Waals surface area contributed by atoms with Gasteiger partial charge in [-0.25, -0.2) is 0 Å². The highest BCUT2D eigenvalue weighted by Crippen LogP contribution is 2.22. The van der Waals surface area contributed by atoms with Crippen LogP contribution in [0.5, 0.6) is 0 Å². The fourth-order valence-corrected chi connectivity index (χ4v) is 3.47. The highest BCUT2D eigenvalue weighted by atomic mass is 16.2. The summed E-state index contributed by atoms with van der Waals surface area (Å²) in [7, 11) is 0. The van der Waals surface area contributed by atoms with Gasteiger partial charge in [-0.15, -0.1) is 0 Å². The molecule has 6 nitrogen and oxygen atoms in total. The van der Waals surface area contributed by atoms with Gasteiger partial charge in [0, 0.05) is 25.5 Å². The average molecular weight is 329 g/mol. The van der Waals surface area contributed by atoms with Gasteiger partial charge in [0.05, 0.1) is 18.3 Å². The minimum Gasteiger partial charge on any atom is -0.332 e. The molecule has 0 radical (unpaired) electrons. The Morgan fingerprint density at radius 3 is 2.92 bits per heavy atom. The van der Waals surface area contributed by atoms with Crippen LogP contribution in [-0.4, -0.2) is 43.0 Å². The first-order valence-electron chi connectivity index (χ1n) is 8.93. The molecule has 0 bridgehead atoms. The molecule has 130 valence electrons. The smallest absolute Gasteiger partial charge is 0.272 e. The Morgan fingerprint density at radius 1 is 1.42 bits per heavy atom. The molecular weight excluding hydrogens is 302 g/mol. The van der Waals surface area contributed by atoms with Gasteiger partial charge >= 0.3 is 0 Å². The number of hydrogen-bond acceptors (Lipinski definition) is 3. The van der Waals surface area contributed by atoms with Gasteiger partial charge in [-0.05, 0) is 44.2 Å². The number of amides is 1. The van der Waals surface area contributed by atoms with Crippen molar-refractivity contribution in [2.75, 3.05) is 6.54 Å². The lowest BCUT2D eigenvalue weighted by Gasteiger charge is -2.24. The number of aryl methyl sites for hydroxylation is 1. The molecule has 0 spiro atoms. The molecular formula is C18H27N5O. The second-order valence-corrected chi connectivity index (χ2v) is 6.96. The van der Waals surface area contributed by atoms with E-state index in [1.807, 2.05) is 39.5 Å². The van der Waals surface area contributed by atoms with E-state index in [0.717, 1.165) is 50.3 Å². The largest absolute Gasteiger partial charge is 0.332 e. The van der Waals surface area contributed by atoms with Gasteiger partial charge < -0.3 is 4.90 Å². The minimum atomic E-state index is 0.106. The summed E-state index contributed by atoms with van der Waals surface area (Å²) < 4.78 is 3.76. The zero-order valence-corrected chi connectivity index (χ0v) is 14.9. The molecule has 1 saturated heterocycles. The van der Waals surface area contributed by atoms with Crippen molar-refractivity contribution >= 4 is 5.91 Å². The van der Waals surface area contributed by atoms with E-state index < -0.39 is 0 Å². The third kappa shape index (κ3) is 3.52. The zero-order chi connectivity index (χ0) is 17.1. The van der Waals surface area contributed by atoms with Gasteiger partial charge in [0.2, 0.25) is 0 Å². The van der Waals surface area contributed by atoms with E-state index in [0.29, 0.717) is 5.92 Å². The van der Waals surface area contributed by atoms with Crippen LogP contribution in [0.25, 0.3) is 0 Å². The van der Waals surface area contributed by atoms with E-state index in [-0.39, 0.29) is 11.9 Å². The predicted molar refractivity (Wildman–Crippen MR) is 92.7 cm³/mol. The molecule has 2 aromatic heterocycles. The van der Waals surface area contributed by atoms with Crippen molar-refractivity contribution in [2.45, 2.75) is 59.2 Å². The van der Waals surface area contributed by atoms with Crippen LogP contribution in [0, 0.1) is 5.92 Å². The van der Waals surface area contributed by atoms with Crippen molar-refractivity contribution in [3.8, 4) is 0 Å². The number of carbonyl (C=O) groups excluding carboxylic acids is 1. The summed E-state index contributed by atoms with van der Waals surface area (Å²) in [5.41, 5.74) is 1.73. The molecule has 1 atom stereocenters. The van der Waals surface area contributed by atoms with Gasteiger partial charge in [0.25, 0.3) is 5.91 Å². The molecule has 1 aliphatic rings.